The van der Waals surface area contributed by atoms with Crippen molar-refractivity contribution in [1.29, 1.82) is 0 Å². The van der Waals surface area contributed by atoms with Crippen LogP contribution in [0.2, 0.25) is 0 Å². The lowest BCUT2D eigenvalue weighted by molar-refractivity contribution is -0.389. The molecule has 6 nitrogen and oxygen atoms in total. The first-order valence-corrected chi connectivity index (χ1v) is 3.30. The van der Waals surface area contributed by atoms with Crippen LogP contribution in [0.4, 0.5) is 5.82 Å². The van der Waals surface area contributed by atoms with Crippen molar-refractivity contribution in [3.63, 3.8) is 0 Å². The number of nitrogens with zero attached hydrogens (tertiary/aromatic N) is 2. The highest BCUT2D eigenvalue weighted by molar-refractivity contribution is 5.42. The van der Waals surface area contributed by atoms with Gasteiger partial charge in [-0.15, -0.1) is 0 Å². The number of H-pyrrole nitrogens is 1. The van der Waals surface area contributed by atoms with E-state index >= 15 is 0 Å². The van der Waals surface area contributed by atoms with Crippen molar-refractivity contribution in [2.45, 2.75) is 0 Å². The molecule has 6 heteroatoms. The molecule has 0 spiro atoms. The number of hydrogen-bond acceptors (Lipinski definition) is 4. The first-order valence-electron chi connectivity index (χ1n) is 3.30. The van der Waals surface area contributed by atoms with Crippen LogP contribution in [0.1, 0.15) is 5.82 Å². The van der Waals surface area contributed by atoms with Crippen molar-refractivity contribution in [2.75, 3.05) is 6.54 Å². The van der Waals surface area contributed by atoms with E-state index in [4.69, 9.17) is 5.73 Å². The minimum Gasteiger partial charge on any atom is -0.358 e. The van der Waals surface area contributed by atoms with Crippen LogP contribution in [0.25, 0.3) is 6.08 Å². The fourth-order valence-electron chi connectivity index (χ4n) is 0.684. The minimum atomic E-state index is -0.535. The number of imidazole rings is 1. The topological polar surface area (TPSA) is 97.8 Å². The first kappa shape index (κ1) is 8.41. The zero-order valence-electron chi connectivity index (χ0n) is 6.23. The Morgan fingerprint density at radius 2 is 2.58 bits per heavy atom. The van der Waals surface area contributed by atoms with E-state index in [1.54, 1.807) is 12.2 Å². The summed E-state index contributed by atoms with van der Waals surface area (Å²) in [5.41, 5.74) is 5.18. The Labute approximate surface area is 68.3 Å². The van der Waals surface area contributed by atoms with E-state index in [9.17, 15) is 10.1 Å². The Kier molecular flexibility index (Phi) is 2.54. The number of aromatic amines is 1. The highest BCUT2D eigenvalue weighted by Gasteiger charge is 2.06. The molecule has 0 aliphatic carbocycles. The fourth-order valence-corrected chi connectivity index (χ4v) is 0.684. The molecular weight excluding hydrogens is 160 g/mol. The van der Waals surface area contributed by atoms with Gasteiger partial charge in [0.15, 0.2) is 0 Å². The summed E-state index contributed by atoms with van der Waals surface area (Å²) in [6, 6.07) is 0. The molecule has 1 rings (SSSR count). The van der Waals surface area contributed by atoms with Crippen LogP contribution in [0.15, 0.2) is 12.3 Å². The number of aromatic nitrogens is 2. The molecule has 0 aliphatic heterocycles. The SMILES string of the molecule is NCC=Cc1ncc([N+](=O)[O-])[nH]1. The Balaban J connectivity index is 2.77. The maximum absolute atomic E-state index is 10.2. The van der Waals surface area contributed by atoms with Gasteiger partial charge < -0.3 is 15.8 Å². The Morgan fingerprint density at radius 3 is 3.08 bits per heavy atom. The molecule has 64 valence electrons. The van der Waals surface area contributed by atoms with Crippen LogP contribution in [-0.2, 0) is 0 Å². The monoisotopic (exact) mass is 168 g/mol. The largest absolute Gasteiger partial charge is 0.358 e. The summed E-state index contributed by atoms with van der Waals surface area (Å²) >= 11 is 0. The van der Waals surface area contributed by atoms with Gasteiger partial charge in [0.1, 0.15) is 6.20 Å². The average Bonchev–Trinajstić information content (AvgIpc) is 2.48. The minimum absolute atomic E-state index is 0.119. The molecule has 0 atom stereocenters. The van der Waals surface area contributed by atoms with Crippen molar-refractivity contribution in [2.24, 2.45) is 5.73 Å². The number of rotatable bonds is 3. The second kappa shape index (κ2) is 3.63. The standard InChI is InChI=1S/C6H8N4O2/c7-3-1-2-5-8-4-6(9-5)10(11)12/h1-2,4H,3,7H2,(H,8,9). The van der Waals surface area contributed by atoms with Gasteiger partial charge in [-0.2, -0.15) is 0 Å². The van der Waals surface area contributed by atoms with Gasteiger partial charge in [-0.25, -0.2) is 9.97 Å². The molecule has 0 radical (unpaired) electrons. The number of hydrogen-bond donors (Lipinski definition) is 2. The van der Waals surface area contributed by atoms with Crippen molar-refractivity contribution in [3.8, 4) is 0 Å². The smallest absolute Gasteiger partial charge is 0.340 e. The summed E-state index contributed by atoms with van der Waals surface area (Å²) in [5.74, 6) is 0.318. The maximum Gasteiger partial charge on any atom is 0.340 e. The van der Waals surface area contributed by atoms with Gasteiger partial charge in [0.25, 0.3) is 0 Å². The van der Waals surface area contributed by atoms with Gasteiger partial charge in [-0.3, -0.25) is 0 Å². The molecular formula is C6H8N4O2. The summed E-state index contributed by atoms with van der Waals surface area (Å²) < 4.78 is 0. The summed E-state index contributed by atoms with van der Waals surface area (Å²) in [7, 11) is 0. The molecule has 1 heterocycles. The second-order valence-electron chi connectivity index (χ2n) is 2.05. The van der Waals surface area contributed by atoms with Crippen molar-refractivity contribution in [1.82, 2.24) is 9.97 Å². The van der Waals surface area contributed by atoms with Crippen LogP contribution in [0.5, 0.6) is 0 Å². The molecule has 3 N–H and O–H groups in total. The van der Waals surface area contributed by atoms with Crippen molar-refractivity contribution < 1.29 is 4.92 Å². The molecule has 0 aromatic carbocycles. The van der Waals surface area contributed by atoms with E-state index in [2.05, 4.69) is 9.97 Å². The molecule has 12 heavy (non-hydrogen) atoms. The third-order valence-corrected chi connectivity index (χ3v) is 1.19. The van der Waals surface area contributed by atoms with Crippen LogP contribution in [0, 0.1) is 10.1 Å². The molecule has 0 unspecified atom stereocenters. The Bertz CT molecular complexity index is 304. The Hall–Kier alpha value is -1.69. The normalized spacial score (nSPS) is 10.8. The molecule has 0 fully saturated rings. The van der Waals surface area contributed by atoms with E-state index < -0.39 is 4.92 Å². The van der Waals surface area contributed by atoms with Crippen LogP contribution in [-0.4, -0.2) is 21.4 Å². The zero-order chi connectivity index (χ0) is 8.97. The summed E-state index contributed by atoms with van der Waals surface area (Å²) in [6.07, 6.45) is 4.41. The molecule has 1 aromatic rings. The maximum atomic E-state index is 10.2. The number of nitrogens with two attached hydrogens (primary N) is 1. The van der Waals surface area contributed by atoms with E-state index in [1.165, 1.54) is 0 Å². The lowest BCUT2D eigenvalue weighted by Crippen LogP contribution is -1.92. The highest BCUT2D eigenvalue weighted by Crippen LogP contribution is 2.06. The number of nitro groups is 1. The van der Waals surface area contributed by atoms with Gasteiger partial charge in [0.2, 0.25) is 5.82 Å². The van der Waals surface area contributed by atoms with E-state index in [0.717, 1.165) is 6.20 Å². The third-order valence-electron chi connectivity index (χ3n) is 1.19. The van der Waals surface area contributed by atoms with Crippen LogP contribution >= 0.6 is 0 Å². The fraction of sp³-hybridized carbons (Fsp3) is 0.167. The van der Waals surface area contributed by atoms with Crippen LogP contribution in [0.3, 0.4) is 0 Å². The summed E-state index contributed by atoms with van der Waals surface area (Å²) in [4.78, 5) is 15.9. The Morgan fingerprint density at radius 1 is 1.83 bits per heavy atom. The molecule has 0 saturated carbocycles. The van der Waals surface area contributed by atoms with Gasteiger partial charge >= 0.3 is 5.82 Å². The van der Waals surface area contributed by atoms with E-state index in [0.29, 0.717) is 12.4 Å². The van der Waals surface area contributed by atoms with Crippen molar-refractivity contribution in [3.05, 3.63) is 28.2 Å². The van der Waals surface area contributed by atoms with Gasteiger partial charge in [-0.1, -0.05) is 6.08 Å². The quantitative estimate of drug-likeness (QED) is 0.500. The second-order valence-corrected chi connectivity index (χ2v) is 2.05. The lowest BCUT2D eigenvalue weighted by atomic mass is 10.5. The molecule has 0 aliphatic rings. The van der Waals surface area contributed by atoms with Gasteiger partial charge in [0, 0.05) is 12.6 Å². The number of nitrogens with one attached hydrogen (secondary N) is 1. The zero-order valence-corrected chi connectivity index (χ0v) is 6.23. The lowest BCUT2D eigenvalue weighted by Gasteiger charge is -1.84. The van der Waals surface area contributed by atoms with Gasteiger partial charge in [0.05, 0.1) is 0 Å². The van der Waals surface area contributed by atoms with Crippen LogP contribution < -0.4 is 5.73 Å². The van der Waals surface area contributed by atoms with E-state index in [-0.39, 0.29) is 5.82 Å². The summed E-state index contributed by atoms with van der Waals surface area (Å²) in [6.45, 7) is 0.383. The van der Waals surface area contributed by atoms with Gasteiger partial charge in [-0.05, 0) is 4.92 Å². The molecule has 1 aromatic heterocycles. The van der Waals surface area contributed by atoms with Crippen molar-refractivity contribution >= 4 is 11.9 Å². The molecule has 0 bridgehead atoms. The molecule has 0 saturated heterocycles. The predicted octanol–water partition coefficient (Wildman–Crippen LogP) is 0.290. The summed E-state index contributed by atoms with van der Waals surface area (Å²) in [5, 5.41) is 10.2. The third kappa shape index (κ3) is 1.89. The first-order chi connectivity index (χ1) is 5.74. The average molecular weight is 168 g/mol. The predicted molar refractivity (Wildman–Crippen MR) is 43.3 cm³/mol. The highest BCUT2D eigenvalue weighted by atomic mass is 16.6. The molecule has 0 amide bonds. The van der Waals surface area contributed by atoms with E-state index in [1.807, 2.05) is 0 Å².